The standard InChI is InChI=1S/C97H185N7O34/c1-6-8-9-10-11-12-13-14-15-16-17-18-19-20-21-22-23-27-90(106)99-87(96(111)112)28-30-91(107)100-88(97(113)114)29-31-92(108)102-93(85(3)7-2)94(109)101-86(95(110)104-36-34-103(4)35-37-104)26-24-25-33-98-89(105)32-38-116-41-42-118-45-46-120-49-50-122-53-54-124-57-58-126-61-62-128-65-66-130-69-70-132-73-74-134-77-78-136-81-82-138-84-83-137-80-79-135-76-75-133-72-71-131-68-67-129-64-63-127-60-59-125-56-55-123-52-51-121-48-47-119-44-43-117-40-39-115-5/h85-88,93H,6-84H2,1-5H3,(H,98,105)(H,99,106)(H,100,107)(H,101,109)(H,102,108)(H,111,112)(H,113,114)/t85-,86-,87-,88-,93-/m0/s1. The smallest absolute Gasteiger partial charge is 0.326 e. The van der Waals surface area contributed by atoms with Gasteiger partial charge in [0.2, 0.25) is 35.4 Å². The summed E-state index contributed by atoms with van der Waals surface area (Å²) in [6.07, 6.45) is 21.1. The lowest BCUT2D eigenvalue weighted by Gasteiger charge is -2.35. The number of piperazine rings is 1. The van der Waals surface area contributed by atoms with Gasteiger partial charge >= 0.3 is 11.9 Å². The lowest BCUT2D eigenvalue weighted by molar-refractivity contribution is -0.143. The summed E-state index contributed by atoms with van der Waals surface area (Å²) >= 11 is 0. The maximum atomic E-state index is 14.1. The molecule has 1 heterocycles. The Morgan fingerprint density at radius 2 is 0.522 bits per heavy atom. The van der Waals surface area contributed by atoms with Crippen LogP contribution in [-0.2, 0) is 152 Å². The fourth-order valence-electron chi connectivity index (χ4n) is 13.4. The number of rotatable bonds is 111. The van der Waals surface area contributed by atoms with E-state index in [1.807, 2.05) is 14.0 Å². The predicted octanol–water partition coefficient (Wildman–Crippen LogP) is 6.22. The highest BCUT2D eigenvalue weighted by molar-refractivity contribution is 5.93. The number of methoxy groups -OCH3 is 1. The number of unbranched alkanes of at least 4 members (excludes halogenated alkanes) is 17. The van der Waals surface area contributed by atoms with E-state index in [-0.39, 0.29) is 56.9 Å². The molecule has 0 radical (unpaired) electrons. The Kier molecular flexibility index (Phi) is 97.8. The highest BCUT2D eigenvalue weighted by atomic mass is 16.6. The van der Waals surface area contributed by atoms with Gasteiger partial charge in [0.1, 0.15) is 24.2 Å². The van der Waals surface area contributed by atoms with Gasteiger partial charge in [-0.2, -0.15) is 0 Å². The molecule has 5 atom stereocenters. The summed E-state index contributed by atoms with van der Waals surface area (Å²) in [7, 11) is 3.60. The van der Waals surface area contributed by atoms with Crippen molar-refractivity contribution < 1.29 is 162 Å². The van der Waals surface area contributed by atoms with Crippen molar-refractivity contribution in [1.82, 2.24) is 36.4 Å². The quantitative estimate of drug-likeness (QED) is 0.0332. The van der Waals surface area contributed by atoms with Gasteiger partial charge in [0.15, 0.2) is 0 Å². The molecule has 1 fully saturated rings. The topological polar surface area (TPSA) is 465 Å². The summed E-state index contributed by atoms with van der Waals surface area (Å²) in [6.45, 7) is 29.8. The van der Waals surface area contributed by atoms with Gasteiger partial charge in [0, 0.05) is 65.5 Å². The maximum absolute atomic E-state index is 14.1. The van der Waals surface area contributed by atoms with Gasteiger partial charge in [0.05, 0.1) is 311 Å². The average molecular weight is 1990 g/mol. The Labute approximate surface area is 824 Å². The fourth-order valence-corrected chi connectivity index (χ4v) is 13.4. The van der Waals surface area contributed by atoms with Crippen molar-refractivity contribution in [2.24, 2.45) is 5.92 Å². The third-order valence-electron chi connectivity index (χ3n) is 21.7. The van der Waals surface area contributed by atoms with Gasteiger partial charge in [-0.25, -0.2) is 9.59 Å². The number of carboxylic acid groups (broad SMARTS) is 2. The summed E-state index contributed by atoms with van der Waals surface area (Å²) < 4.78 is 132. The number of carbonyl (C=O) groups is 8. The normalized spacial score (nSPS) is 13.5. The van der Waals surface area contributed by atoms with Crippen LogP contribution >= 0.6 is 0 Å². The Bertz CT molecular complexity index is 2750. The number of likely N-dealkylation sites (N-methyl/N-ethyl adjacent to an activating group) is 1. The van der Waals surface area contributed by atoms with Crippen LogP contribution in [0.15, 0.2) is 0 Å². The summed E-state index contributed by atoms with van der Waals surface area (Å²) in [5, 5.41) is 33.2. The molecule has 6 amide bonds. The number of amides is 6. The van der Waals surface area contributed by atoms with Gasteiger partial charge in [-0.3, -0.25) is 28.8 Å². The highest BCUT2D eigenvalue weighted by Crippen LogP contribution is 2.17. The third kappa shape index (κ3) is 89.6. The molecule has 0 aromatic heterocycles. The Morgan fingerprint density at radius 3 is 0.790 bits per heavy atom. The van der Waals surface area contributed by atoms with Crippen LogP contribution in [0.5, 0.6) is 0 Å². The molecule has 0 unspecified atom stereocenters. The first kappa shape index (κ1) is 131. The van der Waals surface area contributed by atoms with Crippen molar-refractivity contribution in [1.29, 1.82) is 0 Å². The summed E-state index contributed by atoms with van der Waals surface area (Å²) in [4.78, 5) is 108. The minimum Gasteiger partial charge on any atom is -0.480 e. The van der Waals surface area contributed by atoms with Crippen LogP contribution in [0.2, 0.25) is 0 Å². The molecule has 1 rings (SSSR count). The number of aliphatic carboxylic acids is 2. The van der Waals surface area contributed by atoms with E-state index < -0.39 is 72.1 Å². The van der Waals surface area contributed by atoms with Crippen LogP contribution < -0.4 is 26.6 Å². The highest BCUT2D eigenvalue weighted by Gasteiger charge is 2.34. The molecule has 7 N–H and O–H groups in total. The number of nitrogens with zero attached hydrogens (tertiary/aromatic N) is 2. The van der Waals surface area contributed by atoms with Gasteiger partial charge in [-0.05, 0) is 51.5 Å². The zero-order valence-electron chi connectivity index (χ0n) is 85.1. The number of carboxylic acids is 2. The zero-order valence-corrected chi connectivity index (χ0v) is 85.1. The van der Waals surface area contributed by atoms with E-state index in [0.29, 0.717) is 362 Å². The largest absolute Gasteiger partial charge is 0.480 e. The first-order valence-electron chi connectivity index (χ1n) is 51.3. The van der Waals surface area contributed by atoms with E-state index in [0.717, 1.165) is 25.7 Å². The van der Waals surface area contributed by atoms with E-state index in [1.165, 1.54) is 77.0 Å². The van der Waals surface area contributed by atoms with Crippen molar-refractivity contribution >= 4 is 47.4 Å². The van der Waals surface area contributed by atoms with E-state index in [1.54, 1.807) is 18.9 Å². The molecule has 1 aliphatic heterocycles. The van der Waals surface area contributed by atoms with Crippen molar-refractivity contribution in [2.75, 3.05) is 357 Å². The van der Waals surface area contributed by atoms with E-state index in [2.05, 4.69) is 38.4 Å². The maximum Gasteiger partial charge on any atom is 0.326 e. The molecule has 812 valence electrons. The molecule has 1 aliphatic rings. The van der Waals surface area contributed by atoms with Crippen molar-refractivity contribution in [3.63, 3.8) is 0 Å². The van der Waals surface area contributed by atoms with Gasteiger partial charge in [-0.15, -0.1) is 0 Å². The number of hydrogen-bond donors (Lipinski definition) is 7. The van der Waals surface area contributed by atoms with Crippen LogP contribution in [-0.4, -0.2) is 449 Å². The van der Waals surface area contributed by atoms with Crippen molar-refractivity contribution in [3.05, 3.63) is 0 Å². The van der Waals surface area contributed by atoms with E-state index in [4.69, 9.17) is 114 Å². The molecule has 0 aliphatic carbocycles. The van der Waals surface area contributed by atoms with Gasteiger partial charge in [-0.1, -0.05) is 130 Å². The zero-order chi connectivity index (χ0) is 100. The predicted molar refractivity (Wildman–Crippen MR) is 516 cm³/mol. The minimum atomic E-state index is -1.51. The molecule has 0 bridgehead atoms. The van der Waals surface area contributed by atoms with Gasteiger partial charge < -0.3 is 160 Å². The molecule has 1 saturated heterocycles. The average Bonchev–Trinajstić information content (AvgIpc) is 0.843. The SMILES string of the molecule is CCCCCCCCCCCCCCCCCCCC(=O)N[C@@H](CCC(=O)N[C@@H](CCC(=O)N[C@H](C(=O)N[C@@H](CCCCNC(=O)CCOCCOCCOCCOCCOCCOCCOCCOCCOCCOCCOCCOCCOCCOCCOCCOCCOCCOCCOCCOCCOCCOCCOCCOC)C(=O)N1CCN(C)CC1)[C@@H](C)CC)C(=O)O)C(=O)O. The van der Waals surface area contributed by atoms with Gasteiger partial charge in [0.25, 0.3) is 0 Å². The van der Waals surface area contributed by atoms with E-state index >= 15 is 0 Å². The Hall–Kier alpha value is -5.24. The number of nitrogens with one attached hydrogen (secondary N) is 5. The van der Waals surface area contributed by atoms with Crippen LogP contribution in [0, 0.1) is 5.92 Å². The number of carbonyl (C=O) groups excluding carboxylic acids is 6. The van der Waals surface area contributed by atoms with Crippen LogP contribution in [0.4, 0.5) is 0 Å². The molecule has 0 aromatic carbocycles. The van der Waals surface area contributed by atoms with Crippen LogP contribution in [0.25, 0.3) is 0 Å². The fraction of sp³-hybridized carbons (Fsp3) is 0.918. The summed E-state index contributed by atoms with van der Waals surface area (Å²) in [5.41, 5.74) is 0. The molecule has 41 nitrogen and oxygen atoms in total. The minimum absolute atomic E-state index is 0.135. The first-order valence-corrected chi connectivity index (χ1v) is 51.3. The Balaban J connectivity index is 1.98. The number of ether oxygens (including phenoxy) is 24. The van der Waals surface area contributed by atoms with Crippen molar-refractivity contribution in [3.8, 4) is 0 Å². The lowest BCUT2D eigenvalue weighted by Crippen LogP contribution is -2.58. The molecule has 41 heteroatoms. The number of hydrogen-bond acceptors (Lipinski definition) is 33. The molecular formula is C97H185N7O34. The van der Waals surface area contributed by atoms with E-state index in [9.17, 15) is 48.6 Å². The second-order valence-corrected chi connectivity index (χ2v) is 33.2. The molecule has 0 spiro atoms. The second kappa shape index (κ2) is 103. The monoisotopic (exact) mass is 1990 g/mol. The molecule has 0 aromatic rings. The second-order valence-electron chi connectivity index (χ2n) is 33.2. The lowest BCUT2D eigenvalue weighted by atomic mass is 9.97. The molecular weight excluding hydrogens is 1810 g/mol. The summed E-state index contributed by atoms with van der Waals surface area (Å²) in [6, 6.07) is -4.88. The van der Waals surface area contributed by atoms with Crippen LogP contribution in [0.3, 0.4) is 0 Å². The third-order valence-corrected chi connectivity index (χ3v) is 21.7. The molecule has 0 saturated carbocycles. The first-order chi connectivity index (χ1) is 67.6. The summed E-state index contributed by atoms with van der Waals surface area (Å²) in [5.74, 6) is -6.03. The van der Waals surface area contributed by atoms with Crippen molar-refractivity contribution in [2.45, 2.75) is 218 Å². The Morgan fingerprint density at radius 1 is 0.268 bits per heavy atom. The molecule has 138 heavy (non-hydrogen) atoms. The van der Waals surface area contributed by atoms with Crippen LogP contribution in [0.1, 0.15) is 194 Å².